The highest BCUT2D eigenvalue weighted by Gasteiger charge is 2.26. The van der Waals surface area contributed by atoms with Gasteiger partial charge in [0, 0.05) is 12.5 Å². The molecule has 0 saturated heterocycles. The van der Waals surface area contributed by atoms with Crippen molar-refractivity contribution < 1.29 is 10.2 Å². The average molecular weight is 382 g/mol. The van der Waals surface area contributed by atoms with Gasteiger partial charge >= 0.3 is 0 Å². The Hall–Kier alpha value is -1.17. The van der Waals surface area contributed by atoms with Gasteiger partial charge in [-0.3, -0.25) is 0 Å². The van der Waals surface area contributed by atoms with E-state index in [0.717, 1.165) is 35.5 Å². The van der Waals surface area contributed by atoms with Crippen LogP contribution in [0.25, 0.3) is 0 Å². The van der Waals surface area contributed by atoms with Crippen molar-refractivity contribution in [3.8, 4) is 11.5 Å². The van der Waals surface area contributed by atoms with Crippen LogP contribution in [-0.2, 0) is 6.42 Å². The predicted molar refractivity (Wildman–Crippen MR) is 96.7 cm³/mol. The van der Waals surface area contributed by atoms with Crippen LogP contribution < -0.4 is 5.32 Å². The molecular formula is C17H20BrNO2S. The van der Waals surface area contributed by atoms with E-state index in [2.05, 4.69) is 17.4 Å². The van der Waals surface area contributed by atoms with Crippen LogP contribution >= 0.6 is 28.7 Å². The molecule has 2 aromatic rings. The highest BCUT2D eigenvalue weighted by Crippen LogP contribution is 2.45. The van der Waals surface area contributed by atoms with E-state index in [1.54, 1.807) is 6.07 Å². The maximum atomic E-state index is 10.2. The summed E-state index contributed by atoms with van der Waals surface area (Å²) in [5.41, 5.74) is 3.50. The van der Waals surface area contributed by atoms with E-state index in [1.165, 1.54) is 17.3 Å². The molecule has 2 aromatic carbocycles. The van der Waals surface area contributed by atoms with Gasteiger partial charge in [-0.15, -0.1) is 28.7 Å². The van der Waals surface area contributed by atoms with Crippen LogP contribution in [0.2, 0.25) is 0 Å². The zero-order valence-electron chi connectivity index (χ0n) is 12.4. The zero-order chi connectivity index (χ0) is 14.8. The molecule has 118 valence electrons. The van der Waals surface area contributed by atoms with E-state index in [-0.39, 0.29) is 34.4 Å². The Morgan fingerprint density at radius 1 is 1.18 bits per heavy atom. The Morgan fingerprint density at radius 3 is 2.59 bits per heavy atom. The fourth-order valence-electron chi connectivity index (χ4n) is 3.04. The minimum atomic E-state index is -0.0215. The summed E-state index contributed by atoms with van der Waals surface area (Å²) in [5.74, 6) is 0.175. The molecule has 1 aliphatic heterocycles. The normalized spacial score (nSPS) is 17.2. The molecular weight excluding hydrogens is 362 g/mol. The molecule has 3 rings (SSSR count). The van der Waals surface area contributed by atoms with E-state index in [9.17, 15) is 10.2 Å². The van der Waals surface area contributed by atoms with Crippen molar-refractivity contribution in [2.75, 3.05) is 19.3 Å². The van der Waals surface area contributed by atoms with Crippen LogP contribution in [0.4, 0.5) is 0 Å². The molecule has 0 aliphatic carbocycles. The lowest BCUT2D eigenvalue weighted by molar-refractivity contribution is 0.392. The molecule has 0 spiro atoms. The molecule has 0 radical (unpaired) electrons. The molecule has 0 fully saturated rings. The van der Waals surface area contributed by atoms with Crippen molar-refractivity contribution in [1.82, 2.24) is 5.32 Å². The third kappa shape index (κ3) is 3.12. The summed E-state index contributed by atoms with van der Waals surface area (Å²) in [6.45, 7) is 1.73. The minimum Gasteiger partial charge on any atom is -0.504 e. The first kappa shape index (κ1) is 17.2. The molecule has 0 aromatic heterocycles. The lowest BCUT2D eigenvalue weighted by Gasteiger charge is -2.22. The van der Waals surface area contributed by atoms with E-state index in [1.807, 2.05) is 24.5 Å². The molecule has 5 heteroatoms. The standard InChI is InChI=1S/C17H19NO2S.BrH/c1-21-17-15-12(9-14(19)16(17)20)7-8-18-10-13(15)11-5-3-2-4-6-11;/h2-6,9,13,18-20H,7-8,10H2,1H3;1H. The van der Waals surface area contributed by atoms with Crippen LogP contribution in [0.5, 0.6) is 11.5 Å². The highest BCUT2D eigenvalue weighted by molar-refractivity contribution is 8.93. The van der Waals surface area contributed by atoms with Gasteiger partial charge in [0.25, 0.3) is 0 Å². The molecule has 3 nitrogen and oxygen atoms in total. The van der Waals surface area contributed by atoms with Crippen molar-refractivity contribution in [2.24, 2.45) is 0 Å². The molecule has 0 amide bonds. The predicted octanol–water partition coefficient (Wildman–Crippen LogP) is 3.68. The Kier molecular flexibility index (Phi) is 5.78. The first-order valence-corrected chi connectivity index (χ1v) is 8.32. The van der Waals surface area contributed by atoms with Crippen LogP contribution in [0, 0.1) is 0 Å². The molecule has 1 unspecified atom stereocenters. The van der Waals surface area contributed by atoms with Gasteiger partial charge in [0.05, 0.1) is 4.90 Å². The third-order valence-electron chi connectivity index (χ3n) is 4.03. The first-order valence-electron chi connectivity index (χ1n) is 7.09. The smallest absolute Gasteiger partial charge is 0.171 e. The Balaban J connectivity index is 0.00000176. The van der Waals surface area contributed by atoms with Gasteiger partial charge in [-0.25, -0.2) is 0 Å². The molecule has 3 N–H and O–H groups in total. The highest BCUT2D eigenvalue weighted by atomic mass is 79.9. The van der Waals surface area contributed by atoms with Crippen molar-refractivity contribution >= 4 is 28.7 Å². The number of aromatic hydroxyl groups is 2. The SMILES string of the molecule is Br.CSc1c(O)c(O)cc2c1C(c1ccccc1)CNCC2. The van der Waals surface area contributed by atoms with Gasteiger partial charge < -0.3 is 15.5 Å². The monoisotopic (exact) mass is 381 g/mol. The topological polar surface area (TPSA) is 52.5 Å². The Bertz CT molecular complexity index is 649. The zero-order valence-corrected chi connectivity index (χ0v) is 14.9. The second-order valence-electron chi connectivity index (χ2n) is 5.27. The van der Waals surface area contributed by atoms with E-state index in [4.69, 9.17) is 0 Å². The Labute approximate surface area is 145 Å². The molecule has 0 bridgehead atoms. The summed E-state index contributed by atoms with van der Waals surface area (Å²) in [6, 6.07) is 12.1. The summed E-state index contributed by atoms with van der Waals surface area (Å²) in [7, 11) is 0. The minimum absolute atomic E-state index is 0. The molecule has 1 aliphatic rings. The van der Waals surface area contributed by atoms with E-state index in [0.29, 0.717) is 0 Å². The van der Waals surface area contributed by atoms with Gasteiger partial charge in [-0.1, -0.05) is 30.3 Å². The number of halogens is 1. The molecule has 0 saturated carbocycles. The number of nitrogens with one attached hydrogen (secondary N) is 1. The fourth-order valence-corrected chi connectivity index (χ4v) is 3.83. The van der Waals surface area contributed by atoms with Crippen LogP contribution in [0.1, 0.15) is 22.6 Å². The van der Waals surface area contributed by atoms with Crippen molar-refractivity contribution in [3.05, 3.63) is 53.1 Å². The van der Waals surface area contributed by atoms with Crippen LogP contribution in [0.3, 0.4) is 0 Å². The number of fused-ring (bicyclic) bond motifs is 1. The lowest BCUT2D eigenvalue weighted by atomic mass is 9.87. The van der Waals surface area contributed by atoms with Gasteiger partial charge in [-0.05, 0) is 42.0 Å². The number of hydrogen-bond donors (Lipinski definition) is 3. The maximum absolute atomic E-state index is 10.2. The number of phenolic OH excluding ortho intramolecular Hbond substituents is 2. The van der Waals surface area contributed by atoms with Crippen molar-refractivity contribution in [2.45, 2.75) is 17.2 Å². The lowest BCUT2D eigenvalue weighted by Crippen LogP contribution is -2.21. The summed E-state index contributed by atoms with van der Waals surface area (Å²) in [6.07, 6.45) is 2.80. The first-order chi connectivity index (χ1) is 10.2. The third-order valence-corrected chi connectivity index (χ3v) is 4.85. The molecule has 1 heterocycles. The number of benzene rings is 2. The van der Waals surface area contributed by atoms with Crippen molar-refractivity contribution in [1.29, 1.82) is 0 Å². The second-order valence-corrected chi connectivity index (χ2v) is 6.08. The van der Waals surface area contributed by atoms with E-state index < -0.39 is 0 Å². The summed E-state index contributed by atoms with van der Waals surface area (Å²) < 4.78 is 0. The van der Waals surface area contributed by atoms with Crippen molar-refractivity contribution in [3.63, 3.8) is 0 Å². The number of phenols is 2. The van der Waals surface area contributed by atoms with E-state index >= 15 is 0 Å². The number of rotatable bonds is 2. The summed E-state index contributed by atoms with van der Waals surface area (Å²) in [4.78, 5) is 0.794. The largest absolute Gasteiger partial charge is 0.504 e. The van der Waals surface area contributed by atoms with Gasteiger partial charge in [-0.2, -0.15) is 0 Å². The second kappa shape index (κ2) is 7.40. The number of hydrogen-bond acceptors (Lipinski definition) is 4. The van der Waals surface area contributed by atoms with Gasteiger partial charge in [0.1, 0.15) is 0 Å². The van der Waals surface area contributed by atoms with Gasteiger partial charge in [0.15, 0.2) is 11.5 Å². The quantitative estimate of drug-likeness (QED) is 0.548. The Morgan fingerprint density at radius 2 is 1.91 bits per heavy atom. The molecule has 1 atom stereocenters. The molecule has 22 heavy (non-hydrogen) atoms. The van der Waals surface area contributed by atoms with Gasteiger partial charge in [0.2, 0.25) is 0 Å². The summed E-state index contributed by atoms with van der Waals surface area (Å²) >= 11 is 1.49. The summed E-state index contributed by atoms with van der Waals surface area (Å²) in [5, 5.41) is 23.6. The number of thioether (sulfide) groups is 1. The van der Waals surface area contributed by atoms with Crippen LogP contribution in [-0.4, -0.2) is 29.6 Å². The average Bonchev–Trinajstić information content (AvgIpc) is 2.72. The fraction of sp³-hybridized carbons (Fsp3) is 0.294. The maximum Gasteiger partial charge on any atom is 0.171 e. The van der Waals surface area contributed by atoms with Crippen LogP contribution in [0.15, 0.2) is 41.3 Å².